The normalized spacial score (nSPS) is 11.9. The molecular weight excluding hydrogens is 345 g/mol. The first-order valence-corrected chi connectivity index (χ1v) is 7.35. The van der Waals surface area contributed by atoms with Crippen LogP contribution >= 0.6 is 27.5 Å². The first kappa shape index (κ1) is 15.3. The van der Waals surface area contributed by atoms with Gasteiger partial charge in [-0.2, -0.15) is 5.10 Å². The SMILES string of the molecule is CC(C)(C)Cc1nn(-c2c(F)cccc2Cl)c(N)c1Br. The van der Waals surface area contributed by atoms with Gasteiger partial charge in [-0.05, 0) is 39.9 Å². The molecule has 0 radical (unpaired) electrons. The highest BCUT2D eigenvalue weighted by atomic mass is 79.9. The Kier molecular flexibility index (Phi) is 4.12. The number of benzene rings is 1. The molecule has 6 heteroatoms. The molecule has 0 saturated carbocycles. The van der Waals surface area contributed by atoms with Crippen molar-refractivity contribution in [2.45, 2.75) is 27.2 Å². The molecule has 0 atom stereocenters. The van der Waals surface area contributed by atoms with E-state index in [-0.39, 0.29) is 16.1 Å². The van der Waals surface area contributed by atoms with Gasteiger partial charge >= 0.3 is 0 Å². The molecule has 0 aliphatic heterocycles. The van der Waals surface area contributed by atoms with Crippen LogP contribution in [-0.4, -0.2) is 9.78 Å². The molecule has 0 unspecified atom stereocenters. The molecule has 1 aromatic carbocycles. The van der Waals surface area contributed by atoms with Crippen molar-refractivity contribution in [1.29, 1.82) is 0 Å². The maximum Gasteiger partial charge on any atom is 0.150 e. The zero-order chi connectivity index (χ0) is 15.1. The van der Waals surface area contributed by atoms with Crippen molar-refractivity contribution in [1.82, 2.24) is 9.78 Å². The summed E-state index contributed by atoms with van der Waals surface area (Å²) in [6, 6.07) is 4.49. The van der Waals surface area contributed by atoms with Crippen LogP contribution in [0.2, 0.25) is 5.02 Å². The smallest absolute Gasteiger partial charge is 0.150 e. The fourth-order valence-electron chi connectivity index (χ4n) is 1.94. The second kappa shape index (κ2) is 5.37. The van der Waals surface area contributed by atoms with Crippen LogP contribution in [0.1, 0.15) is 26.5 Å². The van der Waals surface area contributed by atoms with E-state index in [9.17, 15) is 4.39 Å². The lowest BCUT2D eigenvalue weighted by atomic mass is 9.91. The van der Waals surface area contributed by atoms with E-state index < -0.39 is 5.82 Å². The molecule has 2 rings (SSSR count). The Balaban J connectivity index is 2.57. The van der Waals surface area contributed by atoms with Crippen LogP contribution in [0.25, 0.3) is 5.69 Å². The molecule has 108 valence electrons. The van der Waals surface area contributed by atoms with E-state index in [1.165, 1.54) is 10.7 Å². The average molecular weight is 361 g/mol. The van der Waals surface area contributed by atoms with Crippen LogP contribution in [0, 0.1) is 11.2 Å². The predicted molar refractivity (Wildman–Crippen MR) is 83.8 cm³/mol. The fraction of sp³-hybridized carbons (Fsp3) is 0.357. The summed E-state index contributed by atoms with van der Waals surface area (Å²) < 4.78 is 16.0. The van der Waals surface area contributed by atoms with Gasteiger partial charge in [-0.1, -0.05) is 38.4 Å². The second-order valence-electron chi connectivity index (χ2n) is 5.87. The van der Waals surface area contributed by atoms with Crippen LogP contribution < -0.4 is 5.73 Å². The molecule has 3 nitrogen and oxygen atoms in total. The molecule has 0 amide bonds. The van der Waals surface area contributed by atoms with E-state index in [4.69, 9.17) is 17.3 Å². The highest BCUT2D eigenvalue weighted by Gasteiger charge is 2.22. The maximum atomic E-state index is 14.0. The predicted octanol–water partition coefficient (Wildman–Crippen LogP) is 4.60. The minimum Gasteiger partial charge on any atom is -0.383 e. The lowest BCUT2D eigenvalue weighted by molar-refractivity contribution is 0.404. The Morgan fingerprint density at radius 2 is 2.05 bits per heavy atom. The molecule has 0 aliphatic carbocycles. The van der Waals surface area contributed by atoms with Crippen LogP contribution in [-0.2, 0) is 6.42 Å². The number of nitrogens with two attached hydrogens (primary N) is 1. The molecule has 0 aliphatic rings. The van der Waals surface area contributed by atoms with Crippen LogP contribution in [0.3, 0.4) is 0 Å². The molecule has 0 bridgehead atoms. The van der Waals surface area contributed by atoms with E-state index in [2.05, 4.69) is 41.8 Å². The van der Waals surface area contributed by atoms with Crippen molar-refractivity contribution in [2.24, 2.45) is 5.41 Å². The van der Waals surface area contributed by atoms with E-state index >= 15 is 0 Å². The van der Waals surface area contributed by atoms with Crippen LogP contribution in [0.4, 0.5) is 10.2 Å². The van der Waals surface area contributed by atoms with E-state index in [1.54, 1.807) is 12.1 Å². The number of rotatable bonds is 2. The van der Waals surface area contributed by atoms with E-state index in [0.29, 0.717) is 10.3 Å². The number of nitrogens with zero attached hydrogens (tertiary/aromatic N) is 2. The highest BCUT2D eigenvalue weighted by Crippen LogP contribution is 2.33. The molecule has 1 aromatic heterocycles. The van der Waals surface area contributed by atoms with Gasteiger partial charge in [0.05, 0.1) is 15.2 Å². The average Bonchev–Trinajstić information content (AvgIpc) is 2.56. The molecule has 0 fully saturated rings. The highest BCUT2D eigenvalue weighted by molar-refractivity contribution is 9.10. The summed E-state index contributed by atoms with van der Waals surface area (Å²) in [6.07, 6.45) is 0.719. The third-order valence-electron chi connectivity index (χ3n) is 2.77. The Labute approximate surface area is 131 Å². The van der Waals surface area contributed by atoms with E-state index in [1.807, 2.05) is 0 Å². The van der Waals surface area contributed by atoms with Crippen LogP contribution in [0.15, 0.2) is 22.7 Å². The number of anilines is 1. The first-order chi connectivity index (χ1) is 9.20. The van der Waals surface area contributed by atoms with Crippen molar-refractivity contribution >= 4 is 33.3 Å². The summed E-state index contributed by atoms with van der Waals surface area (Å²) in [5.41, 5.74) is 7.03. The summed E-state index contributed by atoms with van der Waals surface area (Å²) in [5.74, 6) is -0.113. The van der Waals surface area contributed by atoms with Crippen molar-refractivity contribution < 1.29 is 4.39 Å². The van der Waals surface area contributed by atoms with Gasteiger partial charge in [0, 0.05) is 0 Å². The van der Waals surface area contributed by atoms with E-state index in [0.717, 1.165) is 12.1 Å². The number of hydrogen-bond donors (Lipinski definition) is 1. The fourth-order valence-corrected chi connectivity index (χ4v) is 2.57. The van der Waals surface area contributed by atoms with Gasteiger partial charge in [0.2, 0.25) is 0 Å². The molecule has 2 N–H and O–H groups in total. The lowest BCUT2D eigenvalue weighted by Gasteiger charge is -2.16. The number of hydrogen-bond acceptors (Lipinski definition) is 2. The summed E-state index contributed by atoms with van der Waals surface area (Å²) in [4.78, 5) is 0. The number of para-hydroxylation sites is 1. The summed E-state index contributed by atoms with van der Waals surface area (Å²) in [6.45, 7) is 6.31. The zero-order valence-electron chi connectivity index (χ0n) is 11.5. The summed E-state index contributed by atoms with van der Waals surface area (Å²) >= 11 is 9.49. The van der Waals surface area contributed by atoms with Crippen molar-refractivity contribution in [3.05, 3.63) is 39.2 Å². The van der Waals surface area contributed by atoms with Gasteiger partial charge in [0.15, 0.2) is 0 Å². The quantitative estimate of drug-likeness (QED) is 0.850. The third-order valence-corrected chi connectivity index (χ3v) is 3.94. The molecule has 1 heterocycles. The first-order valence-electron chi connectivity index (χ1n) is 6.18. The van der Waals surface area contributed by atoms with Gasteiger partial charge in [-0.15, -0.1) is 0 Å². The minimum absolute atomic E-state index is 0.0488. The van der Waals surface area contributed by atoms with Crippen molar-refractivity contribution in [3.63, 3.8) is 0 Å². The maximum absolute atomic E-state index is 14.0. The van der Waals surface area contributed by atoms with Gasteiger partial charge in [0.1, 0.15) is 17.3 Å². The molecule has 0 saturated heterocycles. The van der Waals surface area contributed by atoms with Gasteiger partial charge in [0.25, 0.3) is 0 Å². The van der Waals surface area contributed by atoms with Gasteiger partial charge in [-0.3, -0.25) is 0 Å². The van der Waals surface area contributed by atoms with Crippen molar-refractivity contribution in [2.75, 3.05) is 5.73 Å². The molecular formula is C14H16BrClFN3. The third kappa shape index (κ3) is 2.99. The number of aromatic nitrogens is 2. The summed E-state index contributed by atoms with van der Waals surface area (Å²) in [7, 11) is 0. The monoisotopic (exact) mass is 359 g/mol. The largest absolute Gasteiger partial charge is 0.383 e. The van der Waals surface area contributed by atoms with Crippen LogP contribution in [0.5, 0.6) is 0 Å². The molecule has 2 aromatic rings. The Bertz CT molecular complexity index is 626. The second-order valence-corrected chi connectivity index (χ2v) is 7.07. The Hall–Kier alpha value is -1.07. The molecule has 0 spiro atoms. The zero-order valence-corrected chi connectivity index (χ0v) is 13.9. The number of halogens is 3. The molecule has 20 heavy (non-hydrogen) atoms. The van der Waals surface area contributed by atoms with Crippen molar-refractivity contribution in [3.8, 4) is 5.69 Å². The minimum atomic E-state index is -0.457. The van der Waals surface area contributed by atoms with Gasteiger partial charge in [-0.25, -0.2) is 9.07 Å². The topological polar surface area (TPSA) is 43.8 Å². The standard InChI is InChI=1S/C14H16BrClFN3/c1-14(2,3)7-10-11(15)13(18)20(19-10)12-8(16)5-4-6-9(12)17/h4-6H,7,18H2,1-3H3. The Morgan fingerprint density at radius 1 is 1.40 bits per heavy atom. The Morgan fingerprint density at radius 3 is 2.60 bits per heavy atom. The number of nitrogen functional groups attached to an aromatic ring is 1. The lowest BCUT2D eigenvalue weighted by Crippen LogP contribution is -2.10. The summed E-state index contributed by atoms with van der Waals surface area (Å²) in [5, 5.41) is 4.68. The van der Waals surface area contributed by atoms with Gasteiger partial charge < -0.3 is 5.73 Å².